The van der Waals surface area contributed by atoms with Gasteiger partial charge in [0.15, 0.2) is 5.65 Å². The lowest BCUT2D eigenvalue weighted by molar-refractivity contribution is -0.144. The molecule has 0 amide bonds. The van der Waals surface area contributed by atoms with Crippen LogP contribution in [0.4, 0.5) is 5.69 Å². The van der Waals surface area contributed by atoms with Crippen LogP contribution in [0.2, 0.25) is 0 Å². The minimum absolute atomic E-state index is 0.161. The van der Waals surface area contributed by atoms with Crippen molar-refractivity contribution in [3.8, 4) is 5.75 Å². The van der Waals surface area contributed by atoms with E-state index < -0.39 is 57.8 Å². The van der Waals surface area contributed by atoms with Gasteiger partial charge in [-0.05, 0) is 18.2 Å². The van der Waals surface area contributed by atoms with Crippen LogP contribution in [0.15, 0.2) is 48.9 Å². The van der Waals surface area contributed by atoms with Gasteiger partial charge in [-0.25, -0.2) is 14.5 Å². The van der Waals surface area contributed by atoms with Crippen LogP contribution in [0.3, 0.4) is 0 Å². The van der Waals surface area contributed by atoms with Crippen molar-refractivity contribution in [2.24, 2.45) is 0 Å². The molecule has 0 radical (unpaired) electrons. The van der Waals surface area contributed by atoms with Gasteiger partial charge in [-0.3, -0.25) is 18.7 Å². The summed E-state index contributed by atoms with van der Waals surface area (Å²) in [6, 6.07) is 9.71. The number of carbonyl (C=O) groups excluding carboxylic acids is 2. The predicted molar refractivity (Wildman–Crippen MR) is 133 cm³/mol. The summed E-state index contributed by atoms with van der Waals surface area (Å²) < 4.78 is 43.3. The zero-order valence-corrected chi connectivity index (χ0v) is 21.6. The van der Waals surface area contributed by atoms with Crippen LogP contribution >= 0.6 is 7.75 Å². The Balaban J connectivity index is 1.55. The predicted octanol–water partition coefficient (Wildman–Crippen LogP) is 1.51. The number of carbonyl (C=O) groups is 2. The molecule has 3 N–H and O–H groups in total. The molecule has 0 bridgehead atoms. The molecule has 0 spiro atoms. The Hall–Kier alpha value is -3.55. The van der Waals surface area contributed by atoms with Crippen LogP contribution in [-0.2, 0) is 32.9 Å². The van der Waals surface area contributed by atoms with Gasteiger partial charge in [-0.15, -0.1) is 0 Å². The molecule has 2 aromatic heterocycles. The van der Waals surface area contributed by atoms with Crippen molar-refractivity contribution >= 4 is 36.5 Å². The van der Waals surface area contributed by atoms with E-state index in [-0.39, 0.29) is 12.2 Å². The number of esters is 2. The number of anilines is 1. The molecule has 1 fully saturated rings. The second-order valence-electron chi connectivity index (χ2n) is 8.30. The van der Waals surface area contributed by atoms with Gasteiger partial charge in [0.05, 0.1) is 38.9 Å². The molecule has 3 heterocycles. The number of benzene rings is 1. The van der Waals surface area contributed by atoms with Crippen LogP contribution < -0.4 is 10.3 Å². The molecule has 0 aliphatic carbocycles. The maximum Gasteiger partial charge on any atom is 0.462 e. The molecule has 204 valence electrons. The van der Waals surface area contributed by atoms with Gasteiger partial charge in [-0.2, -0.15) is 4.67 Å². The van der Waals surface area contributed by atoms with E-state index in [9.17, 15) is 19.3 Å². The Morgan fingerprint density at radius 2 is 1.84 bits per heavy atom. The number of fused-ring (bicyclic) bond motifs is 1. The van der Waals surface area contributed by atoms with E-state index in [1.54, 1.807) is 28.8 Å². The lowest BCUT2D eigenvalue weighted by Crippen LogP contribution is -2.36. The number of imidazole rings is 1. The maximum atomic E-state index is 14.1. The highest BCUT2D eigenvalue weighted by atomic mass is 31.2. The first kappa shape index (κ1) is 27.5. The van der Waals surface area contributed by atoms with E-state index in [1.165, 1.54) is 24.7 Å². The molecule has 1 saturated heterocycles. The number of rotatable bonds is 11. The third-order valence-electron chi connectivity index (χ3n) is 5.80. The second-order valence-corrected chi connectivity index (χ2v) is 10.2. The molecule has 4 atom stereocenters. The number of nitrogens with two attached hydrogens (primary N) is 1. The SMILES string of the molecule is COC(=O)CN(CC(=O)OC)P(=O)(OC[C@H]1O[C@@H](n2cnc3c(N)ccnc32)C[C@@H]1O)Oc1ccccc1. The van der Waals surface area contributed by atoms with Crippen LogP contribution in [0.5, 0.6) is 5.75 Å². The molecule has 1 aliphatic rings. The monoisotopic (exact) mass is 549 g/mol. The van der Waals surface area contributed by atoms with Crippen molar-refractivity contribution < 1.29 is 42.5 Å². The maximum absolute atomic E-state index is 14.1. The number of para-hydroxylation sites is 1. The first-order chi connectivity index (χ1) is 18.2. The molecule has 1 unspecified atom stereocenters. The van der Waals surface area contributed by atoms with Gasteiger partial charge in [0, 0.05) is 12.6 Å². The summed E-state index contributed by atoms with van der Waals surface area (Å²) in [7, 11) is -2.10. The first-order valence-electron chi connectivity index (χ1n) is 11.5. The normalized spacial score (nSPS) is 20.8. The fourth-order valence-corrected chi connectivity index (χ4v) is 5.44. The van der Waals surface area contributed by atoms with Crippen molar-refractivity contribution in [1.82, 2.24) is 19.2 Å². The number of pyridine rings is 1. The zero-order chi connectivity index (χ0) is 27.3. The van der Waals surface area contributed by atoms with E-state index in [4.69, 9.17) is 19.5 Å². The third-order valence-corrected chi connectivity index (χ3v) is 7.69. The van der Waals surface area contributed by atoms with Crippen LogP contribution in [-0.4, -0.2) is 82.4 Å². The quantitative estimate of drug-likeness (QED) is 0.260. The van der Waals surface area contributed by atoms with Gasteiger partial charge in [0.2, 0.25) is 0 Å². The topological polar surface area (TPSA) is 178 Å². The summed E-state index contributed by atoms with van der Waals surface area (Å²) in [6.45, 7) is -1.59. The Kier molecular flexibility index (Phi) is 8.59. The van der Waals surface area contributed by atoms with Gasteiger partial charge < -0.3 is 29.6 Å². The molecule has 4 rings (SSSR count). The second kappa shape index (κ2) is 11.9. The number of aliphatic hydroxyl groups is 1. The highest BCUT2D eigenvalue weighted by Gasteiger charge is 2.43. The van der Waals surface area contributed by atoms with Gasteiger partial charge in [0.25, 0.3) is 0 Å². The van der Waals surface area contributed by atoms with Crippen LogP contribution in [0.25, 0.3) is 11.2 Å². The molecule has 15 heteroatoms. The number of aromatic nitrogens is 3. The van der Waals surface area contributed by atoms with Crippen LogP contribution in [0.1, 0.15) is 12.6 Å². The molecule has 14 nitrogen and oxygen atoms in total. The smallest absolute Gasteiger partial charge is 0.462 e. The first-order valence-corrected chi connectivity index (χ1v) is 13.0. The van der Waals surface area contributed by atoms with Gasteiger partial charge in [-0.1, -0.05) is 18.2 Å². The minimum atomic E-state index is -4.40. The highest BCUT2D eigenvalue weighted by molar-refractivity contribution is 7.51. The van der Waals surface area contributed by atoms with Crippen molar-refractivity contribution in [3.05, 3.63) is 48.9 Å². The summed E-state index contributed by atoms with van der Waals surface area (Å²) in [5.74, 6) is -1.41. The van der Waals surface area contributed by atoms with E-state index in [1.807, 2.05) is 0 Å². The van der Waals surface area contributed by atoms with E-state index in [0.29, 0.717) is 16.9 Å². The van der Waals surface area contributed by atoms with Gasteiger partial charge in [0.1, 0.15) is 36.7 Å². The molecule has 1 aromatic carbocycles. The summed E-state index contributed by atoms with van der Waals surface area (Å²) in [6.07, 6.45) is 0.590. The lowest BCUT2D eigenvalue weighted by atomic mass is 10.2. The van der Waals surface area contributed by atoms with E-state index in [0.717, 1.165) is 18.9 Å². The number of methoxy groups -OCH3 is 2. The zero-order valence-electron chi connectivity index (χ0n) is 20.7. The molecule has 38 heavy (non-hydrogen) atoms. The van der Waals surface area contributed by atoms with Crippen molar-refractivity contribution in [1.29, 1.82) is 0 Å². The minimum Gasteiger partial charge on any atom is -0.468 e. The van der Waals surface area contributed by atoms with Crippen molar-refractivity contribution in [3.63, 3.8) is 0 Å². The Morgan fingerprint density at radius 1 is 1.16 bits per heavy atom. The van der Waals surface area contributed by atoms with Crippen molar-refractivity contribution in [2.45, 2.75) is 24.9 Å². The van der Waals surface area contributed by atoms with E-state index >= 15 is 0 Å². The summed E-state index contributed by atoms with van der Waals surface area (Å²) in [5, 5.41) is 10.7. The highest BCUT2D eigenvalue weighted by Crippen LogP contribution is 2.52. The number of hydrogen-bond donors (Lipinski definition) is 2. The molecular weight excluding hydrogens is 521 g/mol. The number of nitrogens with zero attached hydrogens (tertiary/aromatic N) is 4. The largest absolute Gasteiger partial charge is 0.468 e. The Morgan fingerprint density at radius 3 is 2.50 bits per heavy atom. The Labute approximate surface area is 217 Å². The molecule has 0 saturated carbocycles. The average Bonchev–Trinajstić information content (AvgIpc) is 3.51. The number of ether oxygens (including phenoxy) is 3. The average molecular weight is 549 g/mol. The van der Waals surface area contributed by atoms with E-state index in [2.05, 4.69) is 19.4 Å². The summed E-state index contributed by atoms with van der Waals surface area (Å²) in [4.78, 5) is 32.7. The molecule has 1 aliphatic heterocycles. The Bertz CT molecular complexity index is 1300. The number of aliphatic hydroxyl groups excluding tert-OH is 1. The van der Waals surface area contributed by atoms with Crippen molar-refractivity contribution in [2.75, 3.05) is 39.6 Å². The lowest BCUT2D eigenvalue weighted by Gasteiger charge is -2.29. The van der Waals surface area contributed by atoms with Gasteiger partial charge >= 0.3 is 19.7 Å². The molecular formula is C23H28N5O9P. The van der Waals surface area contributed by atoms with Crippen LogP contribution in [0, 0.1) is 0 Å². The fourth-order valence-electron chi connectivity index (χ4n) is 3.80. The third kappa shape index (κ3) is 6.11. The number of nitrogen functional groups attached to an aromatic ring is 1. The number of hydrogen-bond acceptors (Lipinski definition) is 12. The molecule has 3 aromatic rings. The standard InChI is InChI=1S/C23H28N5O9P/c1-33-20(30)11-27(12-21(31)34-2)38(32,37-15-6-4-3-5-7-15)35-13-18-17(29)10-19(36-18)28-14-26-22-16(24)8-9-25-23(22)28/h3-9,14,17-19,29H,10-13H2,1-2H3,(H2,24,25)/t17-,18+,19+,38?/m0/s1. The summed E-state index contributed by atoms with van der Waals surface area (Å²) in [5.41, 5.74) is 7.37. The fraction of sp³-hybridized carbons (Fsp3) is 0.391. The summed E-state index contributed by atoms with van der Waals surface area (Å²) >= 11 is 0.